The van der Waals surface area contributed by atoms with Crippen LogP contribution in [0.5, 0.6) is 17.2 Å². The van der Waals surface area contributed by atoms with Crippen LogP contribution in [0.1, 0.15) is 25.0 Å². The first-order valence-corrected chi connectivity index (χ1v) is 11.0. The summed E-state index contributed by atoms with van der Waals surface area (Å²) >= 11 is 0. The zero-order valence-corrected chi connectivity index (χ0v) is 19.6. The average Bonchev–Trinajstić information content (AvgIpc) is 2.82. The van der Waals surface area contributed by atoms with Gasteiger partial charge < -0.3 is 29.7 Å². The van der Waals surface area contributed by atoms with Crippen LogP contribution in [-0.4, -0.2) is 62.7 Å². The minimum absolute atomic E-state index is 0.0281. The van der Waals surface area contributed by atoms with Gasteiger partial charge in [-0.1, -0.05) is 6.07 Å². The summed E-state index contributed by atoms with van der Waals surface area (Å²) < 4.78 is 16.0. The van der Waals surface area contributed by atoms with E-state index in [0.29, 0.717) is 48.3 Å². The lowest BCUT2D eigenvalue weighted by atomic mass is 9.97. The van der Waals surface area contributed by atoms with Gasteiger partial charge in [-0.05, 0) is 38.4 Å². The van der Waals surface area contributed by atoms with Crippen molar-refractivity contribution in [3.63, 3.8) is 0 Å². The van der Waals surface area contributed by atoms with Crippen molar-refractivity contribution in [2.24, 2.45) is 5.92 Å². The predicted octanol–water partition coefficient (Wildman–Crippen LogP) is 3.10. The van der Waals surface area contributed by atoms with Crippen LogP contribution >= 0.6 is 0 Å². The first-order chi connectivity index (χ1) is 15.9. The van der Waals surface area contributed by atoms with E-state index < -0.39 is 0 Å². The second-order valence-electron chi connectivity index (χ2n) is 8.01. The summed E-state index contributed by atoms with van der Waals surface area (Å²) in [7, 11) is 4.59. The van der Waals surface area contributed by atoms with E-state index >= 15 is 0 Å². The summed E-state index contributed by atoms with van der Waals surface area (Å²) in [4.78, 5) is 31.7. The number of nitrogens with one attached hydrogen (secondary N) is 2. The minimum atomic E-state index is -0.126. The quantitative estimate of drug-likeness (QED) is 0.598. The Morgan fingerprint density at radius 2 is 1.82 bits per heavy atom. The van der Waals surface area contributed by atoms with Gasteiger partial charge in [0, 0.05) is 43.0 Å². The van der Waals surface area contributed by atoms with Crippen LogP contribution in [-0.2, 0) is 9.59 Å². The fourth-order valence-corrected chi connectivity index (χ4v) is 3.95. The van der Waals surface area contributed by atoms with Crippen molar-refractivity contribution in [3.8, 4) is 17.2 Å². The Bertz CT molecular complexity index is 956. The highest BCUT2D eigenvalue weighted by atomic mass is 16.5. The van der Waals surface area contributed by atoms with Gasteiger partial charge in [-0.2, -0.15) is 0 Å². The van der Waals surface area contributed by atoms with Gasteiger partial charge in [0.1, 0.15) is 5.82 Å². The summed E-state index contributed by atoms with van der Waals surface area (Å²) in [5.74, 6) is 1.71. The molecule has 0 aliphatic carbocycles. The Kier molecular flexibility index (Phi) is 8.48. The molecule has 0 radical (unpaired) electrons. The van der Waals surface area contributed by atoms with E-state index in [-0.39, 0.29) is 17.7 Å². The number of hydrogen-bond donors (Lipinski definition) is 2. The molecule has 1 aromatic heterocycles. The number of carbonyl (C=O) groups is 2. The van der Waals surface area contributed by atoms with Gasteiger partial charge in [0.15, 0.2) is 11.5 Å². The number of aryl methyl sites for hydroxylation is 1. The van der Waals surface area contributed by atoms with Crippen molar-refractivity contribution < 1.29 is 23.8 Å². The fourth-order valence-electron chi connectivity index (χ4n) is 3.95. The van der Waals surface area contributed by atoms with E-state index in [9.17, 15) is 9.59 Å². The molecule has 33 heavy (non-hydrogen) atoms. The molecule has 1 unspecified atom stereocenters. The average molecular weight is 457 g/mol. The van der Waals surface area contributed by atoms with Crippen molar-refractivity contribution in [2.75, 3.05) is 51.6 Å². The summed E-state index contributed by atoms with van der Waals surface area (Å²) in [5.41, 5.74) is 1.42. The predicted molar refractivity (Wildman–Crippen MR) is 126 cm³/mol. The molecule has 2 N–H and O–H groups in total. The Morgan fingerprint density at radius 1 is 1.09 bits per heavy atom. The summed E-state index contributed by atoms with van der Waals surface area (Å²) in [6, 6.07) is 8.94. The number of ether oxygens (including phenoxy) is 3. The maximum Gasteiger partial charge on any atom is 0.229 e. The SMILES string of the molecule is COc1cc(NC(=O)CCN2CCCC(C(=O)Nc3cccc(C)n3)C2)cc(OC)c1OC. The molecule has 0 bridgehead atoms. The maximum atomic E-state index is 12.7. The molecule has 1 atom stereocenters. The second kappa shape index (κ2) is 11.5. The molecule has 2 amide bonds. The zero-order chi connectivity index (χ0) is 23.8. The molecule has 178 valence electrons. The zero-order valence-electron chi connectivity index (χ0n) is 19.6. The first-order valence-electron chi connectivity index (χ1n) is 11.0. The molecule has 2 aromatic rings. The van der Waals surface area contributed by atoms with Crippen LogP contribution in [0.25, 0.3) is 0 Å². The van der Waals surface area contributed by atoms with E-state index in [0.717, 1.165) is 25.1 Å². The van der Waals surface area contributed by atoms with Gasteiger partial charge in [0.25, 0.3) is 0 Å². The lowest BCUT2D eigenvalue weighted by Gasteiger charge is -2.31. The third kappa shape index (κ3) is 6.58. The van der Waals surface area contributed by atoms with Gasteiger partial charge in [0.05, 0.1) is 27.2 Å². The molecule has 0 spiro atoms. The highest BCUT2D eigenvalue weighted by Crippen LogP contribution is 2.39. The van der Waals surface area contributed by atoms with Crippen LogP contribution in [0, 0.1) is 12.8 Å². The van der Waals surface area contributed by atoms with Crippen LogP contribution < -0.4 is 24.8 Å². The Hall–Kier alpha value is -3.33. The number of amides is 2. The van der Waals surface area contributed by atoms with Gasteiger partial charge in [-0.3, -0.25) is 9.59 Å². The Balaban J connectivity index is 1.52. The van der Waals surface area contributed by atoms with Crippen LogP contribution in [0.15, 0.2) is 30.3 Å². The van der Waals surface area contributed by atoms with E-state index in [1.807, 2.05) is 19.1 Å². The molecule has 1 saturated heterocycles. The number of piperidine rings is 1. The Morgan fingerprint density at radius 3 is 2.45 bits per heavy atom. The standard InChI is InChI=1S/C24H32N4O5/c1-16-7-5-9-21(25-16)27-24(30)17-8-6-11-28(15-17)12-10-22(29)26-18-13-19(31-2)23(33-4)20(14-18)32-3/h5,7,9,13-14,17H,6,8,10-12,15H2,1-4H3,(H,26,29)(H,25,27,30). The van der Waals surface area contributed by atoms with Crippen LogP contribution in [0.3, 0.4) is 0 Å². The summed E-state index contributed by atoms with van der Waals surface area (Å²) in [6.07, 6.45) is 2.05. The van der Waals surface area contributed by atoms with E-state index in [2.05, 4.69) is 20.5 Å². The highest BCUT2D eigenvalue weighted by molar-refractivity contribution is 5.92. The van der Waals surface area contributed by atoms with Gasteiger partial charge in [-0.15, -0.1) is 0 Å². The molecule has 1 aromatic carbocycles. The van der Waals surface area contributed by atoms with Gasteiger partial charge >= 0.3 is 0 Å². The summed E-state index contributed by atoms with van der Waals surface area (Å²) in [6.45, 7) is 3.95. The summed E-state index contributed by atoms with van der Waals surface area (Å²) in [5, 5.41) is 5.80. The number of likely N-dealkylation sites (tertiary alicyclic amines) is 1. The molecule has 3 rings (SSSR count). The van der Waals surface area contributed by atoms with Crippen LogP contribution in [0.4, 0.5) is 11.5 Å². The van der Waals surface area contributed by atoms with E-state index in [1.54, 1.807) is 18.2 Å². The third-order valence-corrected chi connectivity index (χ3v) is 5.62. The minimum Gasteiger partial charge on any atom is -0.493 e. The number of rotatable bonds is 9. The van der Waals surface area contributed by atoms with Crippen molar-refractivity contribution in [2.45, 2.75) is 26.2 Å². The van der Waals surface area contributed by atoms with Gasteiger partial charge in [-0.25, -0.2) is 4.98 Å². The first kappa shape index (κ1) is 24.3. The molecule has 9 heteroatoms. The number of anilines is 2. The van der Waals surface area contributed by atoms with Crippen molar-refractivity contribution in [3.05, 3.63) is 36.0 Å². The molecular formula is C24H32N4O5. The Labute approximate surface area is 194 Å². The third-order valence-electron chi connectivity index (χ3n) is 5.62. The second-order valence-corrected chi connectivity index (χ2v) is 8.01. The lowest BCUT2D eigenvalue weighted by Crippen LogP contribution is -2.41. The number of nitrogens with zero attached hydrogens (tertiary/aromatic N) is 2. The van der Waals surface area contributed by atoms with Crippen molar-refractivity contribution in [1.82, 2.24) is 9.88 Å². The largest absolute Gasteiger partial charge is 0.493 e. The number of hydrogen-bond acceptors (Lipinski definition) is 7. The van der Waals surface area contributed by atoms with Gasteiger partial charge in [0.2, 0.25) is 17.6 Å². The molecule has 2 heterocycles. The van der Waals surface area contributed by atoms with E-state index in [1.165, 1.54) is 21.3 Å². The number of carbonyl (C=O) groups excluding carboxylic acids is 2. The van der Waals surface area contributed by atoms with Crippen LogP contribution in [0.2, 0.25) is 0 Å². The molecule has 9 nitrogen and oxygen atoms in total. The molecule has 1 fully saturated rings. The number of methoxy groups -OCH3 is 3. The molecule has 1 aliphatic rings. The fraction of sp³-hybridized carbons (Fsp3) is 0.458. The topological polar surface area (TPSA) is 102 Å². The maximum absolute atomic E-state index is 12.7. The molecule has 1 aliphatic heterocycles. The molecular weight excluding hydrogens is 424 g/mol. The van der Waals surface area contributed by atoms with Crippen molar-refractivity contribution in [1.29, 1.82) is 0 Å². The number of aromatic nitrogens is 1. The highest BCUT2D eigenvalue weighted by Gasteiger charge is 2.26. The molecule has 0 saturated carbocycles. The smallest absolute Gasteiger partial charge is 0.229 e. The van der Waals surface area contributed by atoms with Crippen molar-refractivity contribution >= 4 is 23.3 Å². The van der Waals surface area contributed by atoms with E-state index in [4.69, 9.17) is 14.2 Å². The lowest BCUT2D eigenvalue weighted by molar-refractivity contribution is -0.121. The number of benzene rings is 1. The number of pyridine rings is 1. The normalized spacial score (nSPS) is 16.1. The monoisotopic (exact) mass is 456 g/mol.